The summed E-state index contributed by atoms with van der Waals surface area (Å²) < 4.78 is 0. The van der Waals surface area contributed by atoms with Crippen LogP contribution >= 0.6 is 0 Å². The Kier molecular flexibility index (Phi) is 6.51. The van der Waals surface area contributed by atoms with Crippen molar-refractivity contribution in [3.8, 4) is 0 Å². The Hall–Kier alpha value is -0.120. The van der Waals surface area contributed by atoms with E-state index in [4.69, 9.17) is 11.5 Å². The van der Waals surface area contributed by atoms with Crippen molar-refractivity contribution >= 4 is 0 Å². The van der Waals surface area contributed by atoms with Gasteiger partial charge in [0.25, 0.3) is 0 Å². The summed E-state index contributed by atoms with van der Waals surface area (Å²) in [5.74, 6) is 0. The maximum atomic E-state index is 5.79. The van der Waals surface area contributed by atoms with E-state index in [1.165, 1.54) is 0 Å². The lowest BCUT2D eigenvalue weighted by molar-refractivity contribution is 0.205. The lowest BCUT2D eigenvalue weighted by Crippen LogP contribution is -2.47. The van der Waals surface area contributed by atoms with Gasteiger partial charge >= 0.3 is 0 Å². The van der Waals surface area contributed by atoms with Gasteiger partial charge in [0, 0.05) is 6.54 Å². The largest absolute Gasteiger partial charge is 0.328 e. The van der Waals surface area contributed by atoms with Crippen molar-refractivity contribution in [1.29, 1.82) is 0 Å². The smallest absolute Gasteiger partial charge is 0.0698 e. The Morgan fingerprint density at radius 3 is 1.91 bits per heavy atom. The minimum Gasteiger partial charge on any atom is -0.328 e. The summed E-state index contributed by atoms with van der Waals surface area (Å²) >= 11 is 0. The van der Waals surface area contributed by atoms with Gasteiger partial charge in [0.2, 0.25) is 0 Å². The van der Waals surface area contributed by atoms with E-state index in [0.717, 1.165) is 25.9 Å². The van der Waals surface area contributed by atoms with E-state index >= 15 is 0 Å². The molecule has 3 nitrogen and oxygen atoms in total. The van der Waals surface area contributed by atoms with Gasteiger partial charge in [-0.15, -0.1) is 0 Å². The van der Waals surface area contributed by atoms with E-state index in [1.54, 1.807) is 0 Å². The lowest BCUT2D eigenvalue weighted by atomic mass is 10.3. The Morgan fingerprint density at radius 2 is 1.64 bits per heavy atom. The predicted octanol–water partition coefficient (Wildman–Crippen LogP) is 0.352. The molecule has 0 aromatic carbocycles. The first-order valence-corrected chi connectivity index (χ1v) is 4.45. The maximum Gasteiger partial charge on any atom is 0.0698 e. The summed E-state index contributed by atoms with van der Waals surface area (Å²) in [5, 5.41) is 0. The SMILES string of the molecule is CCCN(CCC)C(N)CN. The highest BCUT2D eigenvalue weighted by Crippen LogP contribution is 1.95. The van der Waals surface area contributed by atoms with Crippen molar-refractivity contribution < 1.29 is 0 Å². The van der Waals surface area contributed by atoms with E-state index < -0.39 is 0 Å². The third-order valence-electron chi connectivity index (χ3n) is 1.73. The molecular formula is C8H21N3. The first kappa shape index (κ1) is 10.9. The van der Waals surface area contributed by atoms with Crippen molar-refractivity contribution in [3.63, 3.8) is 0 Å². The Bertz CT molecular complexity index is 79.4. The molecule has 0 saturated carbocycles. The fourth-order valence-corrected chi connectivity index (χ4v) is 1.17. The second kappa shape index (κ2) is 6.58. The molecule has 0 saturated heterocycles. The van der Waals surface area contributed by atoms with Crippen LogP contribution in [0.4, 0.5) is 0 Å². The predicted molar refractivity (Wildman–Crippen MR) is 49.2 cm³/mol. The van der Waals surface area contributed by atoms with Gasteiger partial charge in [0.15, 0.2) is 0 Å². The van der Waals surface area contributed by atoms with Crippen molar-refractivity contribution in [2.45, 2.75) is 32.9 Å². The molecule has 0 aromatic heterocycles. The highest BCUT2D eigenvalue weighted by molar-refractivity contribution is 4.64. The molecule has 0 heterocycles. The van der Waals surface area contributed by atoms with Crippen LogP contribution in [0.15, 0.2) is 0 Å². The standard InChI is InChI=1S/C8H21N3/c1-3-5-11(6-4-2)8(10)7-9/h8H,3-7,9-10H2,1-2H3. The molecule has 0 amide bonds. The number of nitrogens with two attached hydrogens (primary N) is 2. The summed E-state index contributed by atoms with van der Waals surface area (Å²) in [4.78, 5) is 2.24. The van der Waals surface area contributed by atoms with Gasteiger partial charge in [-0.3, -0.25) is 4.90 Å². The van der Waals surface area contributed by atoms with Crippen LogP contribution in [0.2, 0.25) is 0 Å². The number of rotatable bonds is 6. The monoisotopic (exact) mass is 159 g/mol. The van der Waals surface area contributed by atoms with Gasteiger partial charge in [0.1, 0.15) is 0 Å². The van der Waals surface area contributed by atoms with E-state index in [-0.39, 0.29) is 6.17 Å². The molecule has 0 fully saturated rings. The Balaban J connectivity index is 3.66. The van der Waals surface area contributed by atoms with E-state index in [1.807, 2.05) is 0 Å². The maximum absolute atomic E-state index is 5.79. The van der Waals surface area contributed by atoms with Crippen molar-refractivity contribution in [3.05, 3.63) is 0 Å². The van der Waals surface area contributed by atoms with Gasteiger partial charge in [-0.25, -0.2) is 0 Å². The third kappa shape index (κ3) is 4.35. The molecule has 0 radical (unpaired) electrons. The molecule has 0 rings (SSSR count). The third-order valence-corrected chi connectivity index (χ3v) is 1.73. The van der Waals surface area contributed by atoms with Crippen LogP contribution in [-0.2, 0) is 0 Å². The quantitative estimate of drug-likeness (QED) is 0.550. The normalized spacial score (nSPS) is 13.9. The summed E-state index contributed by atoms with van der Waals surface area (Å²) in [5.41, 5.74) is 11.3. The van der Waals surface area contributed by atoms with E-state index in [9.17, 15) is 0 Å². The fourth-order valence-electron chi connectivity index (χ4n) is 1.17. The summed E-state index contributed by atoms with van der Waals surface area (Å²) in [6.45, 7) is 7.00. The topological polar surface area (TPSA) is 55.3 Å². The van der Waals surface area contributed by atoms with E-state index in [2.05, 4.69) is 18.7 Å². The van der Waals surface area contributed by atoms with Crippen molar-refractivity contribution in [1.82, 2.24) is 4.90 Å². The molecule has 0 aliphatic rings. The zero-order chi connectivity index (χ0) is 8.69. The summed E-state index contributed by atoms with van der Waals surface area (Å²) in [6.07, 6.45) is 2.34. The number of hydrogen-bond donors (Lipinski definition) is 2. The zero-order valence-electron chi connectivity index (χ0n) is 7.71. The minimum atomic E-state index is 0.0508. The van der Waals surface area contributed by atoms with Crippen LogP contribution in [-0.4, -0.2) is 30.7 Å². The van der Waals surface area contributed by atoms with Crippen LogP contribution in [0.1, 0.15) is 26.7 Å². The minimum absolute atomic E-state index is 0.0508. The van der Waals surface area contributed by atoms with Gasteiger partial charge in [-0.05, 0) is 25.9 Å². The number of nitrogens with zero attached hydrogens (tertiary/aromatic N) is 1. The first-order valence-electron chi connectivity index (χ1n) is 4.45. The Labute approximate surface area is 69.7 Å². The molecule has 0 aromatic rings. The van der Waals surface area contributed by atoms with Crippen molar-refractivity contribution in [2.24, 2.45) is 11.5 Å². The van der Waals surface area contributed by atoms with Crippen LogP contribution < -0.4 is 11.5 Å². The first-order chi connectivity index (χ1) is 5.26. The number of hydrogen-bond acceptors (Lipinski definition) is 3. The molecule has 3 heteroatoms. The molecule has 0 bridgehead atoms. The second-order valence-electron chi connectivity index (χ2n) is 2.84. The second-order valence-corrected chi connectivity index (χ2v) is 2.84. The molecule has 0 aliphatic carbocycles. The molecular weight excluding hydrogens is 138 g/mol. The van der Waals surface area contributed by atoms with Gasteiger partial charge in [0.05, 0.1) is 6.17 Å². The van der Waals surface area contributed by atoms with Gasteiger partial charge < -0.3 is 11.5 Å². The van der Waals surface area contributed by atoms with Crippen LogP contribution in [0, 0.1) is 0 Å². The van der Waals surface area contributed by atoms with Crippen LogP contribution in [0.25, 0.3) is 0 Å². The molecule has 0 spiro atoms. The molecule has 0 aliphatic heterocycles. The molecule has 68 valence electrons. The van der Waals surface area contributed by atoms with Gasteiger partial charge in [-0.2, -0.15) is 0 Å². The average Bonchev–Trinajstić information content (AvgIpc) is 2.03. The highest BCUT2D eigenvalue weighted by Gasteiger charge is 2.09. The summed E-state index contributed by atoms with van der Waals surface area (Å²) in [6, 6.07) is 0. The van der Waals surface area contributed by atoms with Gasteiger partial charge in [-0.1, -0.05) is 13.8 Å². The Morgan fingerprint density at radius 1 is 1.18 bits per heavy atom. The molecule has 4 N–H and O–H groups in total. The lowest BCUT2D eigenvalue weighted by Gasteiger charge is -2.26. The molecule has 11 heavy (non-hydrogen) atoms. The molecule has 1 atom stereocenters. The average molecular weight is 159 g/mol. The van der Waals surface area contributed by atoms with E-state index in [0.29, 0.717) is 6.54 Å². The van der Waals surface area contributed by atoms with Crippen LogP contribution in [0.5, 0.6) is 0 Å². The molecule has 1 unspecified atom stereocenters. The van der Waals surface area contributed by atoms with Crippen LogP contribution in [0.3, 0.4) is 0 Å². The zero-order valence-corrected chi connectivity index (χ0v) is 7.71. The van der Waals surface area contributed by atoms with Crippen molar-refractivity contribution in [2.75, 3.05) is 19.6 Å². The fraction of sp³-hybridized carbons (Fsp3) is 1.00. The summed E-state index contributed by atoms with van der Waals surface area (Å²) in [7, 11) is 0. The highest BCUT2D eigenvalue weighted by atomic mass is 15.2.